The number of carbonyl (C=O) groups is 2. The van der Waals surface area contributed by atoms with Crippen molar-refractivity contribution < 1.29 is 24.2 Å². The van der Waals surface area contributed by atoms with Gasteiger partial charge in [-0.2, -0.15) is 0 Å². The van der Waals surface area contributed by atoms with E-state index < -0.39 is 12.0 Å². The number of carboxylic acid groups (broad SMARTS) is 1. The Hall–Kier alpha value is -3.84. The van der Waals surface area contributed by atoms with Crippen molar-refractivity contribution in [2.45, 2.75) is 25.3 Å². The zero-order valence-electron chi connectivity index (χ0n) is 18.9. The second-order valence-corrected chi connectivity index (χ2v) is 8.46. The second kappa shape index (κ2) is 11.5. The molecule has 1 aliphatic heterocycles. The summed E-state index contributed by atoms with van der Waals surface area (Å²) in [4.78, 5) is 28.1. The molecule has 0 saturated heterocycles. The standard InChI is InChI=1S/C27H25ClN2O5/c28-20-12-9-18(10-13-20)15-16-29-26(33)22-17-34-27(30-22)21-6-2-4-8-24(21)35-23-7-3-1-5-19(23)11-14-25(31)32/h1-10,12-13,22H,11,14-17H2,(H,29,33)(H,31,32). The number of nitrogens with one attached hydrogen (secondary N) is 1. The number of hydrogen-bond donors (Lipinski definition) is 2. The van der Waals surface area contributed by atoms with E-state index in [9.17, 15) is 9.59 Å². The number of para-hydroxylation sites is 2. The topological polar surface area (TPSA) is 97.2 Å². The summed E-state index contributed by atoms with van der Waals surface area (Å²) in [6.07, 6.45) is 1.04. The number of nitrogens with zero attached hydrogens (tertiary/aromatic N) is 1. The van der Waals surface area contributed by atoms with Gasteiger partial charge in [-0.15, -0.1) is 0 Å². The molecule has 1 atom stereocenters. The number of hydrogen-bond acceptors (Lipinski definition) is 5. The monoisotopic (exact) mass is 492 g/mol. The van der Waals surface area contributed by atoms with Gasteiger partial charge in [0, 0.05) is 18.0 Å². The van der Waals surface area contributed by atoms with Crippen molar-refractivity contribution in [3.63, 3.8) is 0 Å². The second-order valence-electron chi connectivity index (χ2n) is 8.03. The van der Waals surface area contributed by atoms with Crippen LogP contribution in [0.2, 0.25) is 5.02 Å². The van der Waals surface area contributed by atoms with E-state index in [1.54, 1.807) is 12.1 Å². The predicted molar refractivity (Wildman–Crippen MR) is 133 cm³/mol. The Labute approximate surface area is 208 Å². The number of rotatable bonds is 10. The van der Waals surface area contributed by atoms with Crippen molar-refractivity contribution in [2.24, 2.45) is 4.99 Å². The predicted octanol–water partition coefficient (Wildman–Crippen LogP) is 4.65. The molecule has 7 nitrogen and oxygen atoms in total. The highest BCUT2D eigenvalue weighted by atomic mass is 35.5. The highest BCUT2D eigenvalue weighted by Gasteiger charge is 2.28. The third-order valence-corrected chi connectivity index (χ3v) is 5.75. The fourth-order valence-electron chi connectivity index (χ4n) is 3.66. The number of halogens is 1. The number of aryl methyl sites for hydroxylation is 1. The molecule has 35 heavy (non-hydrogen) atoms. The average Bonchev–Trinajstić information content (AvgIpc) is 3.35. The molecule has 0 aromatic heterocycles. The normalized spacial score (nSPS) is 14.7. The maximum Gasteiger partial charge on any atom is 0.303 e. The van der Waals surface area contributed by atoms with Crippen LogP contribution in [-0.2, 0) is 27.2 Å². The van der Waals surface area contributed by atoms with Crippen molar-refractivity contribution in [3.8, 4) is 11.5 Å². The fourth-order valence-corrected chi connectivity index (χ4v) is 3.78. The van der Waals surface area contributed by atoms with E-state index in [1.165, 1.54) is 0 Å². The molecule has 0 radical (unpaired) electrons. The Bertz CT molecular complexity index is 1230. The Morgan fingerprint density at radius 2 is 1.71 bits per heavy atom. The van der Waals surface area contributed by atoms with Crippen LogP contribution in [0.3, 0.4) is 0 Å². The van der Waals surface area contributed by atoms with E-state index in [1.807, 2.05) is 60.7 Å². The number of carbonyl (C=O) groups excluding carboxylic acids is 1. The molecule has 4 rings (SSSR count). The van der Waals surface area contributed by atoms with Gasteiger partial charge in [-0.1, -0.05) is 54.1 Å². The van der Waals surface area contributed by atoms with Crippen molar-refractivity contribution >= 4 is 29.4 Å². The lowest BCUT2D eigenvalue weighted by molar-refractivity contribution is -0.137. The SMILES string of the molecule is O=C(O)CCc1ccccc1Oc1ccccc1C1=NC(C(=O)NCCc2ccc(Cl)cc2)CO1. The van der Waals surface area contributed by atoms with Gasteiger partial charge in [0.25, 0.3) is 0 Å². The molecule has 0 fully saturated rings. The molecular formula is C27H25ClN2O5. The lowest BCUT2D eigenvalue weighted by atomic mass is 10.1. The van der Waals surface area contributed by atoms with Crippen LogP contribution in [0.5, 0.6) is 11.5 Å². The summed E-state index contributed by atoms with van der Waals surface area (Å²) in [5, 5.41) is 12.6. The molecule has 3 aromatic carbocycles. The lowest BCUT2D eigenvalue weighted by Crippen LogP contribution is -2.35. The number of benzene rings is 3. The van der Waals surface area contributed by atoms with Crippen molar-refractivity contribution in [1.29, 1.82) is 0 Å². The zero-order valence-corrected chi connectivity index (χ0v) is 19.7. The zero-order chi connectivity index (χ0) is 24.6. The summed E-state index contributed by atoms with van der Waals surface area (Å²) in [6, 6.07) is 21.4. The van der Waals surface area contributed by atoms with Crippen molar-refractivity contribution in [1.82, 2.24) is 5.32 Å². The molecule has 1 unspecified atom stereocenters. The van der Waals surface area contributed by atoms with Gasteiger partial charge in [0.15, 0.2) is 6.04 Å². The minimum atomic E-state index is -0.869. The van der Waals surface area contributed by atoms with Gasteiger partial charge in [0.2, 0.25) is 11.8 Å². The maximum atomic E-state index is 12.6. The number of carboxylic acids is 1. The summed E-state index contributed by atoms with van der Waals surface area (Å²) in [5.74, 6) is 0.341. The first kappa shape index (κ1) is 24.3. The number of ether oxygens (including phenoxy) is 2. The summed E-state index contributed by atoms with van der Waals surface area (Å²) < 4.78 is 11.9. The maximum absolute atomic E-state index is 12.6. The number of aliphatic imine (C=N–C) groups is 1. The van der Waals surface area contributed by atoms with Crippen LogP contribution in [0.4, 0.5) is 0 Å². The Morgan fingerprint density at radius 1 is 1.00 bits per heavy atom. The third-order valence-electron chi connectivity index (χ3n) is 5.50. The van der Waals surface area contributed by atoms with Gasteiger partial charge in [-0.25, -0.2) is 4.99 Å². The minimum absolute atomic E-state index is 0.00660. The highest BCUT2D eigenvalue weighted by Crippen LogP contribution is 2.30. The summed E-state index contributed by atoms with van der Waals surface area (Å²) in [5.41, 5.74) is 2.49. The quantitative estimate of drug-likeness (QED) is 0.429. The first-order chi connectivity index (χ1) is 17.0. The van der Waals surface area contributed by atoms with Gasteiger partial charge in [0.1, 0.15) is 18.1 Å². The van der Waals surface area contributed by atoms with Crippen molar-refractivity contribution in [2.75, 3.05) is 13.2 Å². The van der Waals surface area contributed by atoms with Crippen LogP contribution in [0, 0.1) is 0 Å². The lowest BCUT2D eigenvalue weighted by Gasteiger charge is -2.13. The minimum Gasteiger partial charge on any atom is -0.481 e. The summed E-state index contributed by atoms with van der Waals surface area (Å²) in [7, 11) is 0. The molecule has 1 amide bonds. The largest absolute Gasteiger partial charge is 0.481 e. The van der Waals surface area contributed by atoms with Crippen LogP contribution in [-0.4, -0.2) is 42.1 Å². The molecule has 1 aliphatic rings. The van der Waals surface area contributed by atoms with E-state index in [0.29, 0.717) is 47.4 Å². The van der Waals surface area contributed by atoms with E-state index in [0.717, 1.165) is 11.1 Å². The van der Waals surface area contributed by atoms with E-state index >= 15 is 0 Å². The van der Waals surface area contributed by atoms with Crippen LogP contribution in [0.25, 0.3) is 0 Å². The molecule has 1 heterocycles. The molecule has 0 bridgehead atoms. The first-order valence-corrected chi connectivity index (χ1v) is 11.7. The van der Waals surface area contributed by atoms with Gasteiger partial charge in [0.05, 0.1) is 5.56 Å². The van der Waals surface area contributed by atoms with E-state index in [2.05, 4.69) is 10.3 Å². The van der Waals surface area contributed by atoms with E-state index in [4.69, 9.17) is 26.2 Å². The molecule has 3 aromatic rings. The smallest absolute Gasteiger partial charge is 0.303 e. The molecule has 8 heteroatoms. The van der Waals surface area contributed by atoms with Gasteiger partial charge in [-0.05, 0) is 54.3 Å². The third kappa shape index (κ3) is 6.61. The van der Waals surface area contributed by atoms with Crippen LogP contribution in [0.15, 0.2) is 77.8 Å². The molecular weight excluding hydrogens is 468 g/mol. The Kier molecular flexibility index (Phi) is 8.00. The van der Waals surface area contributed by atoms with Crippen LogP contribution >= 0.6 is 11.6 Å². The van der Waals surface area contributed by atoms with E-state index in [-0.39, 0.29) is 18.9 Å². The van der Waals surface area contributed by atoms with Crippen LogP contribution in [0.1, 0.15) is 23.1 Å². The highest BCUT2D eigenvalue weighted by molar-refractivity contribution is 6.30. The Balaban J connectivity index is 1.42. The summed E-state index contributed by atoms with van der Waals surface area (Å²) >= 11 is 5.91. The first-order valence-electron chi connectivity index (χ1n) is 11.3. The fraction of sp³-hybridized carbons (Fsp3) is 0.222. The van der Waals surface area contributed by atoms with Crippen LogP contribution < -0.4 is 10.1 Å². The van der Waals surface area contributed by atoms with Crippen molar-refractivity contribution in [3.05, 3.63) is 94.5 Å². The number of amides is 1. The molecule has 180 valence electrons. The molecule has 0 spiro atoms. The molecule has 0 aliphatic carbocycles. The average molecular weight is 493 g/mol. The molecule has 2 N–H and O–H groups in total. The van der Waals surface area contributed by atoms with Gasteiger partial charge < -0.3 is 19.9 Å². The summed E-state index contributed by atoms with van der Waals surface area (Å²) in [6.45, 7) is 0.625. The van der Waals surface area contributed by atoms with Gasteiger partial charge >= 0.3 is 5.97 Å². The van der Waals surface area contributed by atoms with Gasteiger partial charge in [-0.3, -0.25) is 9.59 Å². The Morgan fingerprint density at radius 3 is 2.49 bits per heavy atom. The molecule has 0 saturated carbocycles. The number of aliphatic carboxylic acids is 1.